The molecule has 2 heterocycles. The largest absolute Gasteiger partial charge is 0.367 e. The van der Waals surface area contributed by atoms with Gasteiger partial charge in [-0.1, -0.05) is 24.3 Å². The van der Waals surface area contributed by atoms with Crippen LogP contribution in [0.15, 0.2) is 36.4 Å². The highest BCUT2D eigenvalue weighted by atomic mass is 19.1. The van der Waals surface area contributed by atoms with Crippen molar-refractivity contribution in [3.05, 3.63) is 58.9 Å². The summed E-state index contributed by atoms with van der Waals surface area (Å²) < 4.78 is 20.4. The van der Waals surface area contributed by atoms with Crippen molar-refractivity contribution >= 4 is 11.8 Å². The SMILES string of the molecule is CN1CCc2cc(-c3ccc(CC(C#N)NC(=O)[C@@H]4CNCCCO4)c(F)c3)ccc2C1=O. The van der Waals surface area contributed by atoms with E-state index in [1.165, 1.54) is 6.07 Å². The summed E-state index contributed by atoms with van der Waals surface area (Å²) in [7, 11) is 1.78. The van der Waals surface area contributed by atoms with Gasteiger partial charge < -0.3 is 20.3 Å². The summed E-state index contributed by atoms with van der Waals surface area (Å²) in [5, 5.41) is 15.3. The van der Waals surface area contributed by atoms with Crippen LogP contribution in [0, 0.1) is 17.1 Å². The highest BCUT2D eigenvalue weighted by molar-refractivity contribution is 5.97. The molecule has 2 aromatic carbocycles. The standard InChI is InChI=1S/C25H27FN4O3/c1-30-9-7-18-11-16(5-6-21(18)25(30)32)17-3-4-19(22(26)13-17)12-20(14-27)29-24(31)23-15-28-8-2-10-33-23/h3-6,11,13,20,23,28H,2,7-10,12,15H2,1H3,(H,29,31)/t20?,23-/m0/s1. The molecule has 2 aromatic rings. The fourth-order valence-electron chi connectivity index (χ4n) is 4.17. The van der Waals surface area contributed by atoms with E-state index in [2.05, 4.69) is 10.6 Å². The Hall–Kier alpha value is -3.28. The highest BCUT2D eigenvalue weighted by Crippen LogP contribution is 2.27. The molecule has 172 valence electrons. The third-order valence-electron chi connectivity index (χ3n) is 6.12. The number of carbonyl (C=O) groups excluding carboxylic acids is 2. The van der Waals surface area contributed by atoms with Crippen LogP contribution in [0.1, 0.15) is 27.9 Å². The van der Waals surface area contributed by atoms with E-state index >= 15 is 0 Å². The Bertz CT molecular complexity index is 1090. The molecule has 8 heteroatoms. The Labute approximate surface area is 192 Å². The molecule has 0 aliphatic carbocycles. The molecule has 2 N–H and O–H groups in total. The van der Waals surface area contributed by atoms with Crippen molar-refractivity contribution in [2.24, 2.45) is 0 Å². The first-order chi connectivity index (χ1) is 16.0. The summed E-state index contributed by atoms with van der Waals surface area (Å²) in [4.78, 5) is 26.4. The minimum atomic E-state index is -0.864. The van der Waals surface area contributed by atoms with Crippen molar-refractivity contribution in [1.29, 1.82) is 5.26 Å². The van der Waals surface area contributed by atoms with E-state index in [1.807, 2.05) is 18.2 Å². The number of hydrogen-bond donors (Lipinski definition) is 2. The van der Waals surface area contributed by atoms with Gasteiger partial charge in [-0.2, -0.15) is 5.26 Å². The molecule has 0 bridgehead atoms. The molecule has 4 rings (SSSR count). The van der Waals surface area contributed by atoms with Gasteiger partial charge in [-0.3, -0.25) is 9.59 Å². The van der Waals surface area contributed by atoms with Gasteiger partial charge in [-0.15, -0.1) is 0 Å². The second kappa shape index (κ2) is 10.1. The van der Waals surface area contributed by atoms with Crippen molar-refractivity contribution in [2.75, 3.05) is 33.3 Å². The van der Waals surface area contributed by atoms with E-state index in [0.29, 0.717) is 36.4 Å². The molecule has 7 nitrogen and oxygen atoms in total. The second-order valence-corrected chi connectivity index (χ2v) is 8.47. The summed E-state index contributed by atoms with van der Waals surface area (Å²) in [5.41, 5.74) is 3.52. The van der Waals surface area contributed by atoms with Crippen LogP contribution in [0.25, 0.3) is 11.1 Å². The van der Waals surface area contributed by atoms with Gasteiger partial charge in [0.2, 0.25) is 0 Å². The number of ether oxygens (including phenoxy) is 1. The van der Waals surface area contributed by atoms with E-state index in [9.17, 15) is 19.2 Å². The minimum Gasteiger partial charge on any atom is -0.367 e. The van der Waals surface area contributed by atoms with E-state index in [-0.39, 0.29) is 18.2 Å². The lowest BCUT2D eigenvalue weighted by molar-refractivity contribution is -0.132. The van der Waals surface area contributed by atoms with Crippen molar-refractivity contribution in [1.82, 2.24) is 15.5 Å². The number of benzene rings is 2. The highest BCUT2D eigenvalue weighted by Gasteiger charge is 2.24. The maximum absolute atomic E-state index is 14.9. The molecule has 1 saturated heterocycles. The van der Waals surface area contributed by atoms with Gasteiger partial charge in [0.05, 0.1) is 6.07 Å². The topological polar surface area (TPSA) is 94.5 Å². The van der Waals surface area contributed by atoms with Gasteiger partial charge in [-0.05, 0) is 53.8 Å². The normalized spacial score (nSPS) is 19.2. The van der Waals surface area contributed by atoms with E-state index in [1.54, 1.807) is 30.1 Å². The molecule has 0 saturated carbocycles. The number of nitriles is 1. The van der Waals surface area contributed by atoms with Gasteiger partial charge in [-0.25, -0.2) is 4.39 Å². The monoisotopic (exact) mass is 450 g/mol. The van der Waals surface area contributed by atoms with Crippen molar-refractivity contribution in [3.8, 4) is 17.2 Å². The van der Waals surface area contributed by atoms with Crippen LogP contribution < -0.4 is 10.6 Å². The predicted molar refractivity (Wildman–Crippen MR) is 121 cm³/mol. The van der Waals surface area contributed by atoms with E-state index < -0.39 is 18.0 Å². The summed E-state index contributed by atoms with van der Waals surface area (Å²) in [6.45, 7) is 2.30. The molecule has 0 spiro atoms. The Kier molecular flexibility index (Phi) is 7.02. The van der Waals surface area contributed by atoms with Gasteiger partial charge >= 0.3 is 0 Å². The number of nitrogens with zero attached hydrogens (tertiary/aromatic N) is 2. The Morgan fingerprint density at radius 3 is 2.91 bits per heavy atom. The molecular weight excluding hydrogens is 423 g/mol. The molecule has 0 aromatic heterocycles. The Morgan fingerprint density at radius 1 is 1.33 bits per heavy atom. The van der Waals surface area contributed by atoms with Crippen LogP contribution in [-0.2, 0) is 22.4 Å². The zero-order valence-electron chi connectivity index (χ0n) is 18.6. The minimum absolute atomic E-state index is 0.000971. The average Bonchev–Trinajstić information content (AvgIpc) is 3.11. The van der Waals surface area contributed by atoms with Crippen LogP contribution >= 0.6 is 0 Å². The number of carbonyl (C=O) groups is 2. The zero-order chi connectivity index (χ0) is 23.4. The average molecular weight is 451 g/mol. The van der Waals surface area contributed by atoms with Gasteiger partial charge in [0.15, 0.2) is 0 Å². The number of amides is 2. The summed E-state index contributed by atoms with van der Waals surface area (Å²) in [6, 6.07) is 11.6. The fourth-order valence-corrected chi connectivity index (χ4v) is 4.17. The van der Waals surface area contributed by atoms with Crippen LogP contribution in [0.3, 0.4) is 0 Å². The lowest BCUT2D eigenvalue weighted by Crippen LogP contribution is -2.46. The molecule has 1 unspecified atom stereocenters. The van der Waals surface area contributed by atoms with Crippen LogP contribution in [0.4, 0.5) is 4.39 Å². The quantitative estimate of drug-likeness (QED) is 0.727. The van der Waals surface area contributed by atoms with Gasteiger partial charge in [0.1, 0.15) is 18.0 Å². The van der Waals surface area contributed by atoms with E-state index in [0.717, 1.165) is 30.5 Å². The number of nitrogens with one attached hydrogen (secondary N) is 2. The summed E-state index contributed by atoms with van der Waals surface area (Å²) in [6.07, 6.45) is 0.974. The molecule has 0 radical (unpaired) electrons. The van der Waals surface area contributed by atoms with Crippen LogP contribution in [0.5, 0.6) is 0 Å². The predicted octanol–water partition coefficient (Wildman–Crippen LogP) is 2.05. The lowest BCUT2D eigenvalue weighted by atomic mass is 9.93. The van der Waals surface area contributed by atoms with Gasteiger partial charge in [0.25, 0.3) is 11.8 Å². The molecule has 33 heavy (non-hydrogen) atoms. The number of rotatable bonds is 5. The zero-order valence-corrected chi connectivity index (χ0v) is 18.6. The molecular formula is C25H27FN4O3. The third kappa shape index (κ3) is 5.21. The van der Waals surface area contributed by atoms with Crippen molar-refractivity contribution in [2.45, 2.75) is 31.4 Å². The number of hydrogen-bond acceptors (Lipinski definition) is 5. The lowest BCUT2D eigenvalue weighted by Gasteiger charge is -2.25. The molecule has 2 aliphatic rings. The smallest absolute Gasteiger partial charge is 0.253 e. The first-order valence-corrected chi connectivity index (χ1v) is 11.2. The van der Waals surface area contributed by atoms with Crippen molar-refractivity contribution < 1.29 is 18.7 Å². The Morgan fingerprint density at radius 2 is 2.12 bits per heavy atom. The molecule has 1 fully saturated rings. The summed E-state index contributed by atoms with van der Waals surface area (Å²) >= 11 is 0. The Balaban J connectivity index is 1.45. The maximum Gasteiger partial charge on any atom is 0.253 e. The van der Waals surface area contributed by atoms with Crippen molar-refractivity contribution in [3.63, 3.8) is 0 Å². The van der Waals surface area contributed by atoms with E-state index in [4.69, 9.17) is 4.74 Å². The third-order valence-corrected chi connectivity index (χ3v) is 6.12. The molecule has 2 aliphatic heterocycles. The van der Waals surface area contributed by atoms with Crippen LogP contribution in [0.2, 0.25) is 0 Å². The van der Waals surface area contributed by atoms with Crippen LogP contribution in [-0.4, -0.2) is 62.1 Å². The first-order valence-electron chi connectivity index (χ1n) is 11.2. The van der Waals surface area contributed by atoms with Gasteiger partial charge in [0, 0.05) is 38.7 Å². The number of fused-ring (bicyclic) bond motifs is 1. The summed E-state index contributed by atoms with van der Waals surface area (Å²) in [5.74, 6) is -0.816. The second-order valence-electron chi connectivity index (χ2n) is 8.47. The number of likely N-dealkylation sites (N-methyl/N-ethyl adjacent to an activating group) is 1. The first kappa shape index (κ1) is 22.9. The number of halogens is 1. The fraction of sp³-hybridized carbons (Fsp3) is 0.400. The molecule has 2 atom stereocenters. The molecule has 2 amide bonds. The maximum atomic E-state index is 14.9.